The van der Waals surface area contributed by atoms with Crippen molar-refractivity contribution in [1.82, 2.24) is 0 Å². The predicted molar refractivity (Wildman–Crippen MR) is 106 cm³/mol. The fourth-order valence-corrected chi connectivity index (χ4v) is 5.43. The van der Waals surface area contributed by atoms with Gasteiger partial charge >= 0.3 is 0 Å². The Kier molecular flexibility index (Phi) is 6.81. The Labute approximate surface area is 150 Å². The Morgan fingerprint density at radius 2 is 0.917 bits per heavy atom. The van der Waals surface area contributed by atoms with Crippen molar-refractivity contribution in [3.63, 3.8) is 0 Å². The van der Waals surface area contributed by atoms with Crippen LogP contribution in [0.5, 0.6) is 0 Å². The molecule has 0 nitrogen and oxygen atoms in total. The maximum atomic E-state index is 2.47. The van der Waals surface area contributed by atoms with Crippen molar-refractivity contribution >= 4 is 0 Å². The van der Waals surface area contributed by atoms with E-state index in [1.54, 1.807) is 11.1 Å². The van der Waals surface area contributed by atoms with E-state index in [1.165, 1.54) is 77.0 Å². The van der Waals surface area contributed by atoms with Gasteiger partial charge in [0.15, 0.2) is 0 Å². The lowest BCUT2D eigenvalue weighted by molar-refractivity contribution is 0.306. The topological polar surface area (TPSA) is 0 Å². The molecule has 2 saturated carbocycles. The normalized spacial score (nSPS) is 31.1. The van der Waals surface area contributed by atoms with E-state index in [2.05, 4.69) is 38.1 Å². The first-order chi connectivity index (χ1) is 11.8. The molecule has 0 aliphatic heterocycles. The van der Waals surface area contributed by atoms with Crippen LogP contribution in [0.25, 0.3) is 0 Å². The van der Waals surface area contributed by atoms with Crippen LogP contribution in [0, 0.1) is 11.8 Å². The molecule has 0 N–H and O–H groups in total. The van der Waals surface area contributed by atoms with Gasteiger partial charge in [-0.3, -0.25) is 0 Å². The fourth-order valence-electron chi connectivity index (χ4n) is 5.43. The highest BCUT2D eigenvalue weighted by atomic mass is 14.3. The smallest absolute Gasteiger partial charge is 0.0162 e. The third kappa shape index (κ3) is 4.64. The summed E-state index contributed by atoms with van der Waals surface area (Å²) in [5.41, 5.74) is 3.24. The van der Waals surface area contributed by atoms with Gasteiger partial charge in [-0.1, -0.05) is 63.8 Å². The Bertz CT molecular complexity index is 410. The van der Waals surface area contributed by atoms with Gasteiger partial charge in [-0.25, -0.2) is 0 Å². The monoisotopic (exact) mass is 326 g/mol. The molecular formula is C24H38. The lowest BCUT2D eigenvalue weighted by Gasteiger charge is -2.30. The molecule has 0 spiro atoms. The molecule has 0 heteroatoms. The summed E-state index contributed by atoms with van der Waals surface area (Å²) in [7, 11) is 0. The third-order valence-corrected chi connectivity index (χ3v) is 6.97. The van der Waals surface area contributed by atoms with Crippen LogP contribution in [-0.2, 0) is 0 Å². The zero-order chi connectivity index (χ0) is 16.8. The van der Waals surface area contributed by atoms with Crippen LogP contribution in [-0.4, -0.2) is 0 Å². The molecule has 2 aliphatic rings. The van der Waals surface area contributed by atoms with Gasteiger partial charge in [0.05, 0.1) is 0 Å². The second kappa shape index (κ2) is 9.07. The summed E-state index contributed by atoms with van der Waals surface area (Å²) < 4.78 is 0. The minimum atomic E-state index is 0.840. The molecule has 0 atom stereocenters. The highest BCUT2D eigenvalue weighted by Gasteiger charge is 2.24. The van der Waals surface area contributed by atoms with Crippen LogP contribution in [0.2, 0.25) is 0 Å². The predicted octanol–water partition coefficient (Wildman–Crippen LogP) is 7.83. The molecule has 1 aromatic carbocycles. The summed E-state index contributed by atoms with van der Waals surface area (Å²) in [6.45, 7) is 4.67. The molecular weight excluding hydrogens is 288 g/mol. The van der Waals surface area contributed by atoms with E-state index < -0.39 is 0 Å². The molecule has 0 heterocycles. The Morgan fingerprint density at radius 1 is 0.583 bits per heavy atom. The minimum absolute atomic E-state index is 0.840. The van der Waals surface area contributed by atoms with Gasteiger partial charge in [-0.05, 0) is 86.2 Å². The van der Waals surface area contributed by atoms with E-state index in [1.807, 2.05) is 0 Å². The quantitative estimate of drug-likeness (QED) is 0.499. The van der Waals surface area contributed by atoms with Gasteiger partial charge < -0.3 is 0 Å². The van der Waals surface area contributed by atoms with Crippen LogP contribution >= 0.6 is 0 Å². The van der Waals surface area contributed by atoms with Gasteiger partial charge in [0, 0.05) is 0 Å². The van der Waals surface area contributed by atoms with Crippen molar-refractivity contribution < 1.29 is 0 Å². The average molecular weight is 327 g/mol. The maximum absolute atomic E-state index is 2.47. The van der Waals surface area contributed by atoms with Gasteiger partial charge in [0.25, 0.3) is 0 Å². The van der Waals surface area contributed by atoms with Crippen molar-refractivity contribution in [2.75, 3.05) is 0 Å². The van der Waals surface area contributed by atoms with Crippen molar-refractivity contribution in [2.24, 2.45) is 11.8 Å². The van der Waals surface area contributed by atoms with Crippen LogP contribution in [0.15, 0.2) is 24.3 Å². The number of benzene rings is 1. The van der Waals surface area contributed by atoms with E-state index in [0.717, 1.165) is 23.7 Å². The molecule has 2 aliphatic carbocycles. The molecule has 134 valence electrons. The Hall–Kier alpha value is -0.780. The highest BCUT2D eigenvalue weighted by Crippen LogP contribution is 2.40. The van der Waals surface area contributed by atoms with E-state index >= 15 is 0 Å². The van der Waals surface area contributed by atoms with E-state index in [4.69, 9.17) is 0 Å². The van der Waals surface area contributed by atoms with E-state index in [9.17, 15) is 0 Å². The number of rotatable bonds is 6. The summed E-state index contributed by atoms with van der Waals surface area (Å²) in [6.07, 6.45) is 17.2. The maximum Gasteiger partial charge on any atom is -0.0162 e. The molecule has 24 heavy (non-hydrogen) atoms. The summed E-state index contributed by atoms with van der Waals surface area (Å²) in [6, 6.07) is 9.88. The van der Waals surface area contributed by atoms with Crippen molar-refractivity contribution in [3.8, 4) is 0 Å². The standard InChI is InChI=1S/C24H38/c1-3-5-19-7-11-21(12-8-19)23-15-17-24(18-16-23)22-13-9-20(6-4-2)10-14-22/h15-22H,3-14H2,1-2H3/t19-,20-,21-,22-. The first-order valence-corrected chi connectivity index (χ1v) is 10.9. The molecule has 0 unspecified atom stereocenters. The molecule has 1 aromatic rings. The Morgan fingerprint density at radius 3 is 1.21 bits per heavy atom. The van der Waals surface area contributed by atoms with E-state index in [0.29, 0.717) is 0 Å². The summed E-state index contributed by atoms with van der Waals surface area (Å²) in [5.74, 6) is 3.72. The molecule has 0 radical (unpaired) electrons. The lowest BCUT2D eigenvalue weighted by atomic mass is 9.75. The van der Waals surface area contributed by atoms with Crippen LogP contribution in [0.1, 0.15) is 114 Å². The largest absolute Gasteiger partial charge is 0.0654 e. The molecule has 0 aromatic heterocycles. The summed E-state index contributed by atoms with van der Waals surface area (Å²) in [5, 5.41) is 0. The van der Waals surface area contributed by atoms with Gasteiger partial charge in [0.2, 0.25) is 0 Å². The molecule has 0 bridgehead atoms. The van der Waals surface area contributed by atoms with E-state index in [-0.39, 0.29) is 0 Å². The van der Waals surface area contributed by atoms with Crippen LogP contribution < -0.4 is 0 Å². The van der Waals surface area contributed by atoms with Gasteiger partial charge in [-0.2, -0.15) is 0 Å². The van der Waals surface area contributed by atoms with Crippen LogP contribution in [0.3, 0.4) is 0 Å². The second-order valence-corrected chi connectivity index (χ2v) is 8.68. The minimum Gasteiger partial charge on any atom is -0.0654 e. The van der Waals surface area contributed by atoms with Crippen molar-refractivity contribution in [3.05, 3.63) is 35.4 Å². The molecule has 0 saturated heterocycles. The van der Waals surface area contributed by atoms with Crippen molar-refractivity contribution in [1.29, 1.82) is 0 Å². The molecule has 3 rings (SSSR count). The highest BCUT2D eigenvalue weighted by molar-refractivity contribution is 5.28. The third-order valence-electron chi connectivity index (χ3n) is 6.97. The van der Waals surface area contributed by atoms with Gasteiger partial charge in [0.1, 0.15) is 0 Å². The first kappa shape index (κ1) is 18.0. The average Bonchev–Trinajstić information content (AvgIpc) is 2.64. The fraction of sp³-hybridized carbons (Fsp3) is 0.750. The number of hydrogen-bond acceptors (Lipinski definition) is 0. The SMILES string of the molecule is CCC[C@H]1CC[C@H](c2ccc([C@H]3CC[C@H](CCC)CC3)cc2)CC1. The summed E-state index contributed by atoms with van der Waals surface area (Å²) in [4.78, 5) is 0. The summed E-state index contributed by atoms with van der Waals surface area (Å²) >= 11 is 0. The number of hydrogen-bond donors (Lipinski definition) is 0. The molecule has 2 fully saturated rings. The second-order valence-electron chi connectivity index (χ2n) is 8.68. The zero-order valence-corrected chi connectivity index (χ0v) is 16.1. The Balaban J connectivity index is 1.51. The lowest BCUT2D eigenvalue weighted by Crippen LogP contribution is -2.14. The van der Waals surface area contributed by atoms with Gasteiger partial charge in [-0.15, -0.1) is 0 Å². The van der Waals surface area contributed by atoms with Crippen LogP contribution in [0.4, 0.5) is 0 Å². The van der Waals surface area contributed by atoms with Crippen molar-refractivity contribution in [2.45, 2.75) is 103 Å². The molecule has 0 amide bonds. The zero-order valence-electron chi connectivity index (χ0n) is 16.1. The first-order valence-electron chi connectivity index (χ1n) is 10.9.